The quantitative estimate of drug-likeness (QED) is 0.667. The number of carboxylic acid groups (broad SMARTS) is 1. The van der Waals surface area contributed by atoms with Crippen molar-refractivity contribution in [1.29, 1.82) is 0 Å². The van der Waals surface area contributed by atoms with Crippen LogP contribution in [-0.2, 0) is 4.79 Å². The topological polar surface area (TPSA) is 46.5 Å². The van der Waals surface area contributed by atoms with E-state index < -0.39 is 12.3 Å². The molecular weight excluding hydrogens is 352 g/mol. The molecule has 0 spiro atoms. The fraction of sp³-hybridized carbons (Fsp3) is 0.100. The van der Waals surface area contributed by atoms with Crippen molar-refractivity contribution in [1.82, 2.24) is 0 Å². The molecule has 3 nitrogen and oxygen atoms in total. The van der Waals surface area contributed by atoms with Crippen LogP contribution in [0.3, 0.4) is 0 Å². The van der Waals surface area contributed by atoms with Gasteiger partial charge in [0.1, 0.15) is 5.75 Å². The molecule has 0 fully saturated rings. The standard InChI is InChI=1S/C10H6F3IO3/c11-10(12,13)17-7-3-1-6(8(14)5-7)2-4-9(15)16/h1-5H,(H,15,16)/b4-2+. The van der Waals surface area contributed by atoms with Gasteiger partial charge in [-0.05, 0) is 46.4 Å². The molecule has 0 radical (unpaired) electrons. The van der Waals surface area contributed by atoms with Crippen molar-refractivity contribution in [3.63, 3.8) is 0 Å². The van der Waals surface area contributed by atoms with Crippen LogP contribution in [0.15, 0.2) is 24.3 Å². The molecule has 0 saturated heterocycles. The van der Waals surface area contributed by atoms with E-state index in [4.69, 9.17) is 5.11 Å². The van der Waals surface area contributed by atoms with Crippen LogP contribution in [0.1, 0.15) is 5.56 Å². The summed E-state index contributed by atoms with van der Waals surface area (Å²) in [7, 11) is 0. The van der Waals surface area contributed by atoms with Crippen molar-refractivity contribution in [2.75, 3.05) is 0 Å². The highest BCUT2D eigenvalue weighted by atomic mass is 127. The predicted molar refractivity (Wildman–Crippen MR) is 62.5 cm³/mol. The first-order valence-corrected chi connectivity index (χ1v) is 5.32. The highest BCUT2D eigenvalue weighted by Crippen LogP contribution is 2.26. The van der Waals surface area contributed by atoms with Gasteiger partial charge in [0.05, 0.1) is 0 Å². The molecule has 0 heterocycles. The van der Waals surface area contributed by atoms with Gasteiger partial charge in [0, 0.05) is 9.65 Å². The number of hydrogen-bond acceptors (Lipinski definition) is 2. The van der Waals surface area contributed by atoms with E-state index in [0.29, 0.717) is 9.13 Å². The number of hydrogen-bond donors (Lipinski definition) is 1. The second-order valence-electron chi connectivity index (χ2n) is 2.90. The first-order valence-electron chi connectivity index (χ1n) is 4.24. The van der Waals surface area contributed by atoms with E-state index in [-0.39, 0.29) is 5.75 Å². The molecule has 0 atom stereocenters. The lowest BCUT2D eigenvalue weighted by Gasteiger charge is -2.09. The zero-order valence-corrected chi connectivity index (χ0v) is 10.3. The van der Waals surface area contributed by atoms with Gasteiger partial charge in [-0.3, -0.25) is 0 Å². The Hall–Kier alpha value is -1.25. The van der Waals surface area contributed by atoms with Crippen LogP contribution in [0.25, 0.3) is 6.08 Å². The predicted octanol–water partition coefficient (Wildman–Crippen LogP) is 3.29. The second kappa shape index (κ2) is 5.39. The second-order valence-corrected chi connectivity index (χ2v) is 4.06. The van der Waals surface area contributed by atoms with Gasteiger partial charge in [-0.2, -0.15) is 0 Å². The van der Waals surface area contributed by atoms with Crippen LogP contribution in [0.5, 0.6) is 5.75 Å². The summed E-state index contributed by atoms with van der Waals surface area (Å²) in [6, 6.07) is 3.65. The lowest BCUT2D eigenvalue weighted by molar-refractivity contribution is -0.274. The molecule has 7 heteroatoms. The number of ether oxygens (including phenoxy) is 1. The maximum absolute atomic E-state index is 11.9. The number of halogens is 4. The molecule has 1 aromatic rings. The van der Waals surface area contributed by atoms with Crippen LogP contribution < -0.4 is 4.74 Å². The highest BCUT2D eigenvalue weighted by molar-refractivity contribution is 14.1. The molecule has 0 aliphatic heterocycles. The molecule has 0 aromatic heterocycles. The number of rotatable bonds is 3. The summed E-state index contributed by atoms with van der Waals surface area (Å²) in [6.07, 6.45) is -2.54. The smallest absolute Gasteiger partial charge is 0.478 e. The SMILES string of the molecule is O=C(O)/C=C/c1ccc(OC(F)(F)F)cc1I. The van der Waals surface area contributed by atoms with E-state index >= 15 is 0 Å². The number of carbonyl (C=O) groups is 1. The maximum atomic E-state index is 11.9. The summed E-state index contributed by atoms with van der Waals surface area (Å²) in [6.45, 7) is 0. The summed E-state index contributed by atoms with van der Waals surface area (Å²) in [5.41, 5.74) is 0.502. The van der Waals surface area contributed by atoms with Crippen LogP contribution in [0.2, 0.25) is 0 Å². The number of carboxylic acids is 1. The molecule has 0 aliphatic carbocycles. The molecule has 0 amide bonds. The molecule has 17 heavy (non-hydrogen) atoms. The Balaban J connectivity index is 2.90. The third-order valence-corrected chi connectivity index (χ3v) is 2.55. The molecule has 1 rings (SSSR count). The van der Waals surface area contributed by atoms with E-state index in [0.717, 1.165) is 12.1 Å². The third-order valence-electron chi connectivity index (χ3n) is 1.61. The largest absolute Gasteiger partial charge is 0.573 e. The Bertz CT molecular complexity index is 455. The van der Waals surface area contributed by atoms with Gasteiger partial charge < -0.3 is 9.84 Å². The summed E-state index contributed by atoms with van der Waals surface area (Å²) in [5, 5.41) is 8.41. The Labute approximate surface area is 108 Å². The number of alkyl halides is 3. The fourth-order valence-corrected chi connectivity index (χ4v) is 1.67. The number of aliphatic carboxylic acids is 1. The van der Waals surface area contributed by atoms with Crippen molar-refractivity contribution in [2.45, 2.75) is 6.36 Å². The molecule has 1 N–H and O–H groups in total. The summed E-state index contributed by atoms with van der Waals surface area (Å²) < 4.78 is 39.9. The summed E-state index contributed by atoms with van der Waals surface area (Å²) in [5.74, 6) is -1.47. The molecule has 0 aliphatic rings. The van der Waals surface area contributed by atoms with Gasteiger partial charge in [-0.15, -0.1) is 13.2 Å². The minimum absolute atomic E-state index is 0.339. The van der Waals surface area contributed by atoms with Gasteiger partial charge in [-0.25, -0.2) is 4.79 Å². The van der Waals surface area contributed by atoms with Gasteiger partial charge in [0.25, 0.3) is 0 Å². The van der Waals surface area contributed by atoms with Crippen molar-refractivity contribution in [3.05, 3.63) is 33.4 Å². The average Bonchev–Trinajstić information content (AvgIpc) is 2.13. The van der Waals surface area contributed by atoms with E-state index in [1.165, 1.54) is 18.2 Å². The van der Waals surface area contributed by atoms with Crippen molar-refractivity contribution in [3.8, 4) is 5.75 Å². The first-order chi connectivity index (χ1) is 7.78. The Morgan fingerprint density at radius 1 is 1.41 bits per heavy atom. The zero-order chi connectivity index (χ0) is 13.1. The summed E-state index contributed by atoms with van der Waals surface area (Å²) in [4.78, 5) is 10.3. The minimum atomic E-state index is -4.73. The molecule has 0 bridgehead atoms. The van der Waals surface area contributed by atoms with Crippen molar-refractivity contribution >= 4 is 34.6 Å². The van der Waals surface area contributed by atoms with Crippen LogP contribution in [-0.4, -0.2) is 17.4 Å². The van der Waals surface area contributed by atoms with Crippen molar-refractivity contribution in [2.24, 2.45) is 0 Å². The van der Waals surface area contributed by atoms with Crippen LogP contribution >= 0.6 is 22.6 Å². The van der Waals surface area contributed by atoms with Gasteiger partial charge in [-0.1, -0.05) is 6.07 Å². The van der Waals surface area contributed by atoms with E-state index in [9.17, 15) is 18.0 Å². The van der Waals surface area contributed by atoms with Gasteiger partial charge in [0.2, 0.25) is 0 Å². The fourth-order valence-electron chi connectivity index (χ4n) is 1.00. The van der Waals surface area contributed by atoms with Crippen LogP contribution in [0.4, 0.5) is 13.2 Å². The molecular formula is C10H6F3IO3. The highest BCUT2D eigenvalue weighted by Gasteiger charge is 2.31. The average molecular weight is 358 g/mol. The lowest BCUT2D eigenvalue weighted by Crippen LogP contribution is -2.17. The first kappa shape index (κ1) is 13.8. The Morgan fingerprint density at radius 2 is 2.06 bits per heavy atom. The van der Waals surface area contributed by atoms with Gasteiger partial charge in [0.15, 0.2) is 0 Å². The molecule has 0 unspecified atom stereocenters. The lowest BCUT2D eigenvalue weighted by atomic mass is 10.2. The zero-order valence-electron chi connectivity index (χ0n) is 8.16. The summed E-state index contributed by atoms with van der Waals surface area (Å²) >= 11 is 1.79. The Morgan fingerprint density at radius 3 is 2.53 bits per heavy atom. The maximum Gasteiger partial charge on any atom is 0.573 e. The third kappa shape index (κ3) is 5.07. The van der Waals surface area contributed by atoms with E-state index in [1.54, 1.807) is 22.6 Å². The minimum Gasteiger partial charge on any atom is -0.478 e. The molecule has 1 aromatic carbocycles. The van der Waals surface area contributed by atoms with Crippen molar-refractivity contribution < 1.29 is 27.8 Å². The molecule has 0 saturated carbocycles. The normalized spacial score (nSPS) is 11.8. The van der Waals surface area contributed by atoms with Crippen LogP contribution in [0, 0.1) is 3.57 Å². The van der Waals surface area contributed by atoms with E-state index in [2.05, 4.69) is 4.74 Å². The van der Waals surface area contributed by atoms with Gasteiger partial charge >= 0.3 is 12.3 Å². The Kier molecular flexibility index (Phi) is 4.38. The van der Waals surface area contributed by atoms with E-state index in [1.807, 2.05) is 0 Å². The monoisotopic (exact) mass is 358 g/mol. The number of benzene rings is 1. The molecule has 92 valence electrons.